The summed E-state index contributed by atoms with van der Waals surface area (Å²) >= 11 is 12.2. The molecule has 4 fully saturated rings. The number of hydrogen-bond donors (Lipinski definition) is 1. The number of piperazine rings is 1. The van der Waals surface area contributed by atoms with Crippen molar-refractivity contribution in [2.24, 2.45) is 5.92 Å². The van der Waals surface area contributed by atoms with E-state index in [1.165, 1.54) is 12.8 Å². The molecule has 0 aromatic carbocycles. The van der Waals surface area contributed by atoms with Gasteiger partial charge in [0.05, 0.1) is 11.5 Å². The number of carbonyl (C=O) groups is 2. The average Bonchev–Trinajstić information content (AvgIpc) is 2.85. The number of alkyl halides is 3. The minimum absolute atomic E-state index is 0.0416. The highest BCUT2D eigenvalue weighted by molar-refractivity contribution is 6.21. The molecule has 4 aliphatic rings. The first-order valence-electron chi connectivity index (χ1n) is 13.2. The predicted molar refractivity (Wildman–Crippen MR) is 132 cm³/mol. The van der Waals surface area contributed by atoms with Crippen LogP contribution in [0.3, 0.4) is 0 Å². The minimum Gasteiger partial charge on any atom is -0.368 e. The fraction of sp³-hybridized carbons (Fsp3) is 0.920. The fourth-order valence-corrected chi connectivity index (χ4v) is 6.59. The highest BCUT2D eigenvalue weighted by atomic mass is 35.5. The zero-order valence-corrected chi connectivity index (χ0v) is 21.6. The van der Waals surface area contributed by atoms with Crippen LogP contribution in [-0.4, -0.2) is 89.5 Å². The zero-order valence-electron chi connectivity index (χ0n) is 20.1. The molecular formula is C25H40Cl2FN3O3. The van der Waals surface area contributed by atoms with Gasteiger partial charge < -0.3 is 15.0 Å². The van der Waals surface area contributed by atoms with E-state index in [1.807, 2.05) is 0 Å². The Morgan fingerprint density at radius 1 is 0.882 bits per heavy atom. The molecule has 2 amide bonds. The lowest BCUT2D eigenvalue weighted by atomic mass is 9.85. The van der Waals surface area contributed by atoms with Crippen molar-refractivity contribution in [3.8, 4) is 0 Å². The predicted octanol–water partition coefficient (Wildman–Crippen LogP) is 3.87. The third-order valence-corrected chi connectivity index (χ3v) is 9.23. The number of nitrogens with one attached hydrogen (secondary N) is 1. The molecule has 3 unspecified atom stereocenters. The highest BCUT2D eigenvalue weighted by Crippen LogP contribution is 2.30. The van der Waals surface area contributed by atoms with Gasteiger partial charge in [0, 0.05) is 56.0 Å². The van der Waals surface area contributed by atoms with Crippen LogP contribution >= 0.6 is 23.2 Å². The smallest absolute Gasteiger partial charge is 0.246 e. The van der Waals surface area contributed by atoms with Crippen LogP contribution < -0.4 is 5.32 Å². The summed E-state index contributed by atoms with van der Waals surface area (Å²) in [6.07, 6.45) is 8.04. The van der Waals surface area contributed by atoms with Gasteiger partial charge in [0.2, 0.25) is 11.8 Å². The van der Waals surface area contributed by atoms with Crippen molar-refractivity contribution in [1.82, 2.24) is 15.1 Å². The standard InChI is InChI=1S/C25H40Cl2FN3O3/c26-18-3-7-20(8-4-18)30-11-13-31(14-12-30)25(33)17-1-5-19(6-2-17)29-24(32)16-34-21-9-10-22(27)23(28)15-21/h17-23H,1-16H2,(H,29,32). The van der Waals surface area contributed by atoms with Crippen LogP contribution in [0.4, 0.5) is 4.39 Å². The van der Waals surface area contributed by atoms with E-state index >= 15 is 0 Å². The van der Waals surface area contributed by atoms with Crippen LogP contribution in [-0.2, 0) is 14.3 Å². The summed E-state index contributed by atoms with van der Waals surface area (Å²) in [6.45, 7) is 3.52. The Hall–Kier alpha value is -0.630. The van der Waals surface area contributed by atoms with Crippen LogP contribution in [0.2, 0.25) is 0 Å². The minimum atomic E-state index is -1.06. The van der Waals surface area contributed by atoms with Crippen molar-refractivity contribution in [3.05, 3.63) is 0 Å². The Bertz CT molecular complexity index is 678. The van der Waals surface area contributed by atoms with Crippen molar-refractivity contribution in [3.63, 3.8) is 0 Å². The van der Waals surface area contributed by atoms with Gasteiger partial charge in [-0.2, -0.15) is 0 Å². The Labute approximate surface area is 213 Å². The summed E-state index contributed by atoms with van der Waals surface area (Å²) < 4.78 is 19.3. The number of rotatable bonds is 6. The van der Waals surface area contributed by atoms with E-state index in [0.717, 1.165) is 64.7 Å². The maximum Gasteiger partial charge on any atom is 0.246 e. The van der Waals surface area contributed by atoms with Gasteiger partial charge in [0.25, 0.3) is 0 Å². The SMILES string of the molecule is O=C(COC1CCC(Cl)C(F)C1)NC1CCC(C(=O)N2CCN(C3CCC(Cl)CC3)CC2)CC1. The van der Waals surface area contributed by atoms with Crippen LogP contribution in [0.1, 0.15) is 70.6 Å². The first-order chi connectivity index (χ1) is 16.4. The summed E-state index contributed by atoms with van der Waals surface area (Å²) in [5.41, 5.74) is 0. The maximum atomic E-state index is 13.7. The molecule has 0 spiro atoms. The van der Waals surface area contributed by atoms with E-state index < -0.39 is 11.5 Å². The molecular weight excluding hydrogens is 480 g/mol. The van der Waals surface area contributed by atoms with E-state index in [4.69, 9.17) is 27.9 Å². The number of hydrogen-bond acceptors (Lipinski definition) is 4. The molecule has 3 aliphatic carbocycles. The largest absolute Gasteiger partial charge is 0.368 e. The Balaban J connectivity index is 1.11. The first kappa shape index (κ1) is 26.4. The molecule has 3 atom stereocenters. The molecule has 1 saturated heterocycles. The van der Waals surface area contributed by atoms with Crippen molar-refractivity contribution >= 4 is 35.0 Å². The molecule has 3 saturated carbocycles. The van der Waals surface area contributed by atoms with Crippen molar-refractivity contribution in [2.75, 3.05) is 32.8 Å². The molecule has 1 aliphatic heterocycles. The second-order valence-corrected chi connectivity index (χ2v) is 11.8. The van der Waals surface area contributed by atoms with E-state index in [1.54, 1.807) is 0 Å². The average molecular weight is 521 g/mol. The monoisotopic (exact) mass is 519 g/mol. The lowest BCUT2D eigenvalue weighted by molar-refractivity contribution is -0.139. The van der Waals surface area contributed by atoms with Gasteiger partial charge in [-0.3, -0.25) is 14.5 Å². The topological polar surface area (TPSA) is 61.9 Å². The lowest BCUT2D eigenvalue weighted by Crippen LogP contribution is -2.54. The molecule has 1 heterocycles. The summed E-state index contributed by atoms with van der Waals surface area (Å²) in [5.74, 6) is 0.195. The number of carbonyl (C=O) groups excluding carboxylic acids is 2. The van der Waals surface area contributed by atoms with Crippen LogP contribution in [0.15, 0.2) is 0 Å². The Kier molecular flexibility index (Phi) is 9.76. The van der Waals surface area contributed by atoms with E-state index in [2.05, 4.69) is 15.1 Å². The Morgan fingerprint density at radius 3 is 2.21 bits per heavy atom. The maximum absolute atomic E-state index is 13.7. The molecule has 0 aromatic rings. The lowest BCUT2D eigenvalue weighted by Gasteiger charge is -2.42. The molecule has 0 radical (unpaired) electrons. The Morgan fingerprint density at radius 2 is 1.56 bits per heavy atom. The van der Waals surface area contributed by atoms with Crippen LogP contribution in [0, 0.1) is 5.92 Å². The summed E-state index contributed by atoms with van der Waals surface area (Å²) in [5, 5.41) is 2.94. The van der Waals surface area contributed by atoms with Gasteiger partial charge in [-0.25, -0.2) is 4.39 Å². The number of amides is 2. The number of ether oxygens (including phenoxy) is 1. The van der Waals surface area contributed by atoms with Crippen LogP contribution in [0.25, 0.3) is 0 Å². The molecule has 6 nitrogen and oxygen atoms in total. The molecule has 1 N–H and O–H groups in total. The van der Waals surface area contributed by atoms with Gasteiger partial charge in [-0.15, -0.1) is 23.2 Å². The van der Waals surface area contributed by atoms with Crippen molar-refractivity contribution < 1.29 is 18.7 Å². The van der Waals surface area contributed by atoms with Gasteiger partial charge in [0.1, 0.15) is 12.8 Å². The fourth-order valence-electron chi connectivity index (χ4n) is 6.11. The van der Waals surface area contributed by atoms with Gasteiger partial charge in [0.15, 0.2) is 0 Å². The second-order valence-electron chi connectivity index (χ2n) is 10.7. The van der Waals surface area contributed by atoms with Gasteiger partial charge in [-0.1, -0.05) is 0 Å². The third-order valence-electron chi connectivity index (χ3n) is 8.31. The zero-order chi connectivity index (χ0) is 24.1. The van der Waals surface area contributed by atoms with Gasteiger partial charge in [-0.05, 0) is 64.2 Å². The van der Waals surface area contributed by atoms with Crippen molar-refractivity contribution in [1.29, 1.82) is 0 Å². The second kappa shape index (κ2) is 12.6. The molecule has 0 bridgehead atoms. The molecule has 9 heteroatoms. The first-order valence-corrected chi connectivity index (χ1v) is 14.1. The normalized spacial score (nSPS) is 37.9. The quantitative estimate of drug-likeness (QED) is 0.541. The molecule has 34 heavy (non-hydrogen) atoms. The van der Waals surface area contributed by atoms with E-state index in [-0.39, 0.29) is 42.9 Å². The summed E-state index contributed by atoms with van der Waals surface area (Å²) in [4.78, 5) is 30.0. The van der Waals surface area contributed by atoms with Crippen LogP contribution in [0.5, 0.6) is 0 Å². The van der Waals surface area contributed by atoms with E-state index in [9.17, 15) is 14.0 Å². The third kappa shape index (κ3) is 7.21. The van der Waals surface area contributed by atoms with Crippen molar-refractivity contribution in [2.45, 2.75) is 106 Å². The molecule has 194 valence electrons. The summed E-state index contributed by atoms with van der Waals surface area (Å²) in [7, 11) is 0. The molecule has 4 rings (SSSR count). The molecule has 0 aromatic heterocycles. The number of nitrogens with zero attached hydrogens (tertiary/aromatic N) is 2. The number of halogens is 3. The highest BCUT2D eigenvalue weighted by Gasteiger charge is 2.34. The summed E-state index contributed by atoms with van der Waals surface area (Å²) in [6, 6.07) is 0.714. The van der Waals surface area contributed by atoms with E-state index in [0.29, 0.717) is 24.3 Å². The van der Waals surface area contributed by atoms with Gasteiger partial charge >= 0.3 is 0 Å².